The third-order valence-corrected chi connectivity index (χ3v) is 4.44. The smallest absolute Gasteiger partial charge is 0.0541 e. The Bertz CT molecular complexity index is 1090. The van der Waals surface area contributed by atoms with Crippen molar-refractivity contribution >= 4 is 33.4 Å². The van der Waals surface area contributed by atoms with Gasteiger partial charge in [-0.1, -0.05) is 23.4 Å². The molecule has 0 aliphatic rings. The first-order valence-corrected chi connectivity index (χ1v) is 7.86. The van der Waals surface area contributed by atoms with Crippen LogP contribution in [0.15, 0.2) is 60.7 Å². The second-order valence-electron chi connectivity index (χ2n) is 5.56. The Balaban J connectivity index is 2.17. The third kappa shape index (κ3) is 2.16. The van der Waals surface area contributed by atoms with Gasteiger partial charge in [0.2, 0.25) is 0 Å². The first-order chi connectivity index (χ1) is 11.7. The number of halogens is 1. The summed E-state index contributed by atoms with van der Waals surface area (Å²) in [7, 11) is 0. The van der Waals surface area contributed by atoms with Crippen LogP contribution in [0.2, 0.25) is 5.02 Å². The third-order valence-electron chi connectivity index (χ3n) is 4.18. The van der Waals surface area contributed by atoms with Gasteiger partial charge < -0.3 is 4.57 Å². The first-order valence-electron chi connectivity index (χ1n) is 7.48. The maximum Gasteiger partial charge on any atom is 0.0541 e. The standard InChI is InChI=1S/C22H12ClN/c1-3-15-5-11-21-19(13-15)20-14-16(4-2)6-12-22(20)24(21)18-9-7-17(23)8-10-18/h1-2,5-14H. The van der Waals surface area contributed by atoms with Crippen molar-refractivity contribution in [2.45, 2.75) is 0 Å². The second-order valence-corrected chi connectivity index (χ2v) is 6.00. The number of hydrogen-bond acceptors (Lipinski definition) is 0. The summed E-state index contributed by atoms with van der Waals surface area (Å²) >= 11 is 6.04. The maximum atomic E-state index is 6.04. The second kappa shape index (κ2) is 5.50. The molecule has 2 heteroatoms. The van der Waals surface area contributed by atoms with E-state index in [1.54, 1.807) is 0 Å². The number of nitrogens with zero attached hydrogens (tertiary/aromatic N) is 1. The minimum atomic E-state index is 0.712. The van der Waals surface area contributed by atoms with Gasteiger partial charge in [-0.25, -0.2) is 0 Å². The normalized spacial score (nSPS) is 10.6. The van der Waals surface area contributed by atoms with E-state index in [1.807, 2.05) is 48.5 Å². The molecule has 1 heterocycles. The molecule has 3 aromatic carbocycles. The molecule has 0 N–H and O–H groups in total. The van der Waals surface area contributed by atoms with Crippen LogP contribution < -0.4 is 0 Å². The molecule has 0 aliphatic heterocycles. The zero-order chi connectivity index (χ0) is 16.7. The van der Waals surface area contributed by atoms with Crippen molar-refractivity contribution in [3.8, 4) is 30.4 Å². The van der Waals surface area contributed by atoms with Crippen molar-refractivity contribution in [2.24, 2.45) is 0 Å². The first kappa shape index (κ1) is 14.5. The number of aromatic nitrogens is 1. The van der Waals surface area contributed by atoms with Gasteiger partial charge in [-0.2, -0.15) is 0 Å². The summed E-state index contributed by atoms with van der Waals surface area (Å²) in [6.45, 7) is 0. The Kier molecular flexibility index (Phi) is 3.31. The van der Waals surface area contributed by atoms with Gasteiger partial charge in [-0.3, -0.25) is 0 Å². The van der Waals surface area contributed by atoms with E-state index in [4.69, 9.17) is 24.4 Å². The van der Waals surface area contributed by atoms with Gasteiger partial charge in [-0.05, 0) is 60.7 Å². The van der Waals surface area contributed by atoms with Crippen molar-refractivity contribution in [2.75, 3.05) is 0 Å². The molecule has 112 valence electrons. The lowest BCUT2D eigenvalue weighted by molar-refractivity contribution is 1.18. The van der Waals surface area contributed by atoms with E-state index in [9.17, 15) is 0 Å². The highest BCUT2D eigenvalue weighted by Gasteiger charge is 2.13. The molecule has 1 aromatic heterocycles. The van der Waals surface area contributed by atoms with Crippen molar-refractivity contribution in [1.82, 2.24) is 4.57 Å². The highest BCUT2D eigenvalue weighted by atomic mass is 35.5. The Hall–Kier alpha value is -3.13. The van der Waals surface area contributed by atoms with Crippen LogP contribution in [0, 0.1) is 24.7 Å². The number of terminal acetylenes is 2. The van der Waals surface area contributed by atoms with Gasteiger partial charge in [0.1, 0.15) is 0 Å². The quantitative estimate of drug-likeness (QED) is 0.413. The largest absolute Gasteiger partial charge is 0.309 e. The minimum Gasteiger partial charge on any atom is -0.309 e. The molecule has 0 spiro atoms. The van der Waals surface area contributed by atoms with E-state index < -0.39 is 0 Å². The fourth-order valence-corrected chi connectivity index (χ4v) is 3.20. The summed E-state index contributed by atoms with van der Waals surface area (Å²) in [6, 6.07) is 19.9. The molecule has 4 aromatic rings. The minimum absolute atomic E-state index is 0.712. The van der Waals surface area contributed by atoms with Gasteiger partial charge in [0.15, 0.2) is 0 Å². The van der Waals surface area contributed by atoms with E-state index in [0.29, 0.717) is 5.02 Å². The van der Waals surface area contributed by atoms with E-state index >= 15 is 0 Å². The van der Waals surface area contributed by atoms with Crippen LogP contribution >= 0.6 is 11.6 Å². The Morgan fingerprint density at radius 2 is 1.21 bits per heavy atom. The molecular formula is C22H12ClN. The van der Waals surface area contributed by atoms with Gasteiger partial charge in [0.25, 0.3) is 0 Å². The van der Waals surface area contributed by atoms with Gasteiger partial charge in [-0.15, -0.1) is 12.8 Å². The van der Waals surface area contributed by atoms with E-state index in [1.165, 1.54) is 0 Å². The molecule has 1 nitrogen and oxygen atoms in total. The van der Waals surface area contributed by atoms with Crippen LogP contribution in [0.1, 0.15) is 11.1 Å². The highest BCUT2D eigenvalue weighted by molar-refractivity contribution is 6.30. The molecule has 0 radical (unpaired) electrons. The maximum absolute atomic E-state index is 6.04. The highest BCUT2D eigenvalue weighted by Crippen LogP contribution is 2.33. The molecule has 0 bridgehead atoms. The van der Waals surface area contributed by atoms with E-state index in [-0.39, 0.29) is 0 Å². The monoisotopic (exact) mass is 325 g/mol. The summed E-state index contributed by atoms with van der Waals surface area (Å²) < 4.78 is 2.20. The van der Waals surface area contributed by atoms with Crippen LogP contribution in [0.25, 0.3) is 27.5 Å². The lowest BCUT2D eigenvalue weighted by Crippen LogP contribution is -1.93. The van der Waals surface area contributed by atoms with Crippen molar-refractivity contribution < 1.29 is 0 Å². The lowest BCUT2D eigenvalue weighted by atomic mass is 10.1. The van der Waals surface area contributed by atoms with Gasteiger partial charge in [0, 0.05) is 32.6 Å². The lowest BCUT2D eigenvalue weighted by Gasteiger charge is -2.08. The SMILES string of the molecule is C#Cc1ccc2c(c1)c1cc(C#C)ccc1n2-c1ccc(Cl)cc1. The molecule has 0 saturated heterocycles. The summed E-state index contributed by atoms with van der Waals surface area (Å²) in [4.78, 5) is 0. The number of hydrogen-bond donors (Lipinski definition) is 0. The van der Waals surface area contributed by atoms with Crippen molar-refractivity contribution in [1.29, 1.82) is 0 Å². The van der Waals surface area contributed by atoms with Crippen LogP contribution in [0.4, 0.5) is 0 Å². The Morgan fingerprint density at radius 1 is 0.708 bits per heavy atom. The molecule has 0 atom stereocenters. The number of fused-ring (bicyclic) bond motifs is 3. The van der Waals surface area contributed by atoms with Crippen LogP contribution in [-0.4, -0.2) is 4.57 Å². The Labute approximate surface area is 145 Å². The summed E-state index contributed by atoms with van der Waals surface area (Å²) in [6.07, 6.45) is 11.1. The van der Waals surface area contributed by atoms with Crippen molar-refractivity contribution in [3.05, 3.63) is 76.8 Å². The average Bonchev–Trinajstić information content (AvgIpc) is 2.95. The zero-order valence-corrected chi connectivity index (χ0v) is 13.5. The van der Waals surface area contributed by atoms with Crippen LogP contribution in [0.5, 0.6) is 0 Å². The van der Waals surface area contributed by atoms with Crippen LogP contribution in [0.3, 0.4) is 0 Å². The molecule has 0 unspecified atom stereocenters. The summed E-state index contributed by atoms with van der Waals surface area (Å²) in [5, 5.41) is 2.89. The molecule has 0 aliphatic carbocycles. The van der Waals surface area contributed by atoms with Gasteiger partial charge in [0.05, 0.1) is 11.0 Å². The number of benzene rings is 3. The fraction of sp³-hybridized carbons (Fsp3) is 0. The predicted molar refractivity (Wildman–Crippen MR) is 102 cm³/mol. The molecule has 24 heavy (non-hydrogen) atoms. The van der Waals surface area contributed by atoms with Crippen molar-refractivity contribution in [3.63, 3.8) is 0 Å². The topological polar surface area (TPSA) is 4.93 Å². The molecule has 0 amide bonds. The summed E-state index contributed by atoms with van der Waals surface area (Å²) in [5.41, 5.74) is 4.91. The Morgan fingerprint density at radius 3 is 1.67 bits per heavy atom. The zero-order valence-electron chi connectivity index (χ0n) is 12.8. The number of rotatable bonds is 1. The molecule has 0 saturated carbocycles. The summed E-state index contributed by atoms with van der Waals surface area (Å²) in [5.74, 6) is 5.40. The average molecular weight is 326 g/mol. The fourth-order valence-electron chi connectivity index (χ4n) is 3.07. The van der Waals surface area contributed by atoms with Crippen LogP contribution in [-0.2, 0) is 0 Å². The molecule has 4 rings (SSSR count). The predicted octanol–water partition coefficient (Wildman–Crippen LogP) is 5.40. The van der Waals surface area contributed by atoms with Gasteiger partial charge >= 0.3 is 0 Å². The van der Waals surface area contributed by atoms with E-state index in [2.05, 4.69) is 28.5 Å². The molecule has 0 fully saturated rings. The molecular weight excluding hydrogens is 314 g/mol. The van der Waals surface area contributed by atoms with E-state index in [0.717, 1.165) is 38.6 Å².